The molecular formula is C20H22O2S2. The topological polar surface area (TPSA) is 18.5 Å². The van der Waals surface area contributed by atoms with Crippen LogP contribution in [-0.2, 0) is 6.42 Å². The van der Waals surface area contributed by atoms with Crippen molar-refractivity contribution in [2.45, 2.75) is 13.3 Å². The third-order valence-corrected chi connectivity index (χ3v) is 4.75. The van der Waals surface area contributed by atoms with Gasteiger partial charge in [-0.25, -0.2) is 0 Å². The van der Waals surface area contributed by atoms with E-state index in [-0.39, 0.29) is 0 Å². The summed E-state index contributed by atoms with van der Waals surface area (Å²) in [7, 11) is 0. The maximum Gasteiger partial charge on any atom is 0.136 e. The summed E-state index contributed by atoms with van der Waals surface area (Å²) in [5.74, 6) is 3.19. The standard InChI is InChI=1S/C20H22O2S2/c1-4-14-9-10-17-18(11-14)20(22-13-24-3)16-8-6-5-7-15(16)19(17)21-12-23-2/h5-11H,4,12-13H2,1-3H3. The van der Waals surface area contributed by atoms with Crippen molar-refractivity contribution in [3.8, 4) is 11.5 Å². The van der Waals surface area contributed by atoms with Gasteiger partial charge >= 0.3 is 0 Å². The molecule has 0 radical (unpaired) electrons. The summed E-state index contributed by atoms with van der Waals surface area (Å²) in [6.07, 6.45) is 5.11. The Morgan fingerprint density at radius 3 is 1.83 bits per heavy atom. The summed E-state index contributed by atoms with van der Waals surface area (Å²) < 4.78 is 12.3. The van der Waals surface area contributed by atoms with Gasteiger partial charge in [-0.15, -0.1) is 23.5 Å². The molecule has 3 aromatic rings. The Kier molecular flexibility index (Phi) is 5.80. The number of hydrogen-bond acceptors (Lipinski definition) is 4. The van der Waals surface area contributed by atoms with Crippen molar-refractivity contribution < 1.29 is 9.47 Å². The second kappa shape index (κ2) is 8.04. The van der Waals surface area contributed by atoms with Crippen LogP contribution in [-0.4, -0.2) is 24.4 Å². The SMILES string of the molecule is CCc1ccc2c(OCSC)c3ccccc3c(OCSC)c2c1. The zero-order valence-corrected chi connectivity index (χ0v) is 15.9. The largest absolute Gasteiger partial charge is 0.482 e. The third-order valence-electron chi connectivity index (χ3n) is 4.04. The van der Waals surface area contributed by atoms with E-state index in [1.165, 1.54) is 5.56 Å². The van der Waals surface area contributed by atoms with E-state index in [4.69, 9.17) is 9.47 Å². The van der Waals surface area contributed by atoms with Crippen LogP contribution in [0.2, 0.25) is 0 Å². The van der Waals surface area contributed by atoms with E-state index < -0.39 is 0 Å². The summed E-state index contributed by atoms with van der Waals surface area (Å²) in [5, 5.41) is 4.48. The lowest BCUT2D eigenvalue weighted by Crippen LogP contribution is -1.99. The van der Waals surface area contributed by atoms with Gasteiger partial charge in [0, 0.05) is 21.5 Å². The number of rotatable bonds is 7. The van der Waals surface area contributed by atoms with Crippen LogP contribution in [0.3, 0.4) is 0 Å². The molecule has 0 saturated heterocycles. The minimum absolute atomic E-state index is 0.639. The van der Waals surface area contributed by atoms with E-state index in [0.29, 0.717) is 11.9 Å². The molecule has 0 aromatic heterocycles. The Hall–Kier alpha value is -1.52. The number of aryl methyl sites for hydroxylation is 1. The van der Waals surface area contributed by atoms with E-state index in [1.54, 1.807) is 23.5 Å². The fourth-order valence-corrected chi connectivity index (χ4v) is 3.38. The maximum atomic E-state index is 6.14. The number of fused-ring (bicyclic) bond motifs is 2. The van der Waals surface area contributed by atoms with Crippen molar-refractivity contribution >= 4 is 45.1 Å². The van der Waals surface area contributed by atoms with Crippen LogP contribution in [0.5, 0.6) is 11.5 Å². The molecule has 0 unspecified atom stereocenters. The molecule has 0 bridgehead atoms. The number of thioether (sulfide) groups is 2. The first-order valence-corrected chi connectivity index (χ1v) is 10.8. The van der Waals surface area contributed by atoms with Crippen LogP contribution in [0.15, 0.2) is 42.5 Å². The molecule has 24 heavy (non-hydrogen) atoms. The zero-order chi connectivity index (χ0) is 16.9. The molecular weight excluding hydrogens is 336 g/mol. The van der Waals surface area contributed by atoms with Gasteiger partial charge < -0.3 is 9.47 Å². The van der Waals surface area contributed by atoms with Crippen LogP contribution in [0.4, 0.5) is 0 Å². The van der Waals surface area contributed by atoms with E-state index in [2.05, 4.69) is 61.9 Å². The van der Waals surface area contributed by atoms with Crippen LogP contribution in [0.25, 0.3) is 21.5 Å². The predicted molar refractivity (Wildman–Crippen MR) is 109 cm³/mol. The molecule has 4 heteroatoms. The van der Waals surface area contributed by atoms with E-state index in [9.17, 15) is 0 Å². The normalized spacial score (nSPS) is 11.1. The predicted octanol–water partition coefficient (Wildman–Crippen LogP) is 5.95. The highest BCUT2D eigenvalue weighted by Crippen LogP contribution is 2.43. The maximum absolute atomic E-state index is 6.14. The molecule has 0 amide bonds. The van der Waals surface area contributed by atoms with Gasteiger partial charge in [-0.2, -0.15) is 0 Å². The summed E-state index contributed by atoms with van der Waals surface area (Å²) in [5.41, 5.74) is 1.31. The monoisotopic (exact) mass is 358 g/mol. The first-order chi connectivity index (χ1) is 11.8. The van der Waals surface area contributed by atoms with Crippen molar-refractivity contribution in [2.75, 3.05) is 24.4 Å². The van der Waals surface area contributed by atoms with Crippen molar-refractivity contribution in [1.29, 1.82) is 0 Å². The van der Waals surface area contributed by atoms with Crippen LogP contribution in [0, 0.1) is 0 Å². The van der Waals surface area contributed by atoms with E-state index >= 15 is 0 Å². The molecule has 2 nitrogen and oxygen atoms in total. The lowest BCUT2D eigenvalue weighted by atomic mass is 9.98. The average molecular weight is 359 g/mol. The van der Waals surface area contributed by atoms with Gasteiger partial charge in [0.05, 0.1) is 0 Å². The van der Waals surface area contributed by atoms with Gasteiger partial charge in [0.2, 0.25) is 0 Å². The van der Waals surface area contributed by atoms with Crippen molar-refractivity contribution in [2.24, 2.45) is 0 Å². The second-order valence-corrected chi connectivity index (χ2v) is 7.17. The molecule has 126 valence electrons. The van der Waals surface area contributed by atoms with Crippen molar-refractivity contribution in [3.63, 3.8) is 0 Å². The Morgan fingerprint density at radius 2 is 1.29 bits per heavy atom. The molecule has 0 fully saturated rings. The highest BCUT2D eigenvalue weighted by molar-refractivity contribution is 7.98. The minimum atomic E-state index is 0.639. The zero-order valence-electron chi connectivity index (χ0n) is 14.3. The molecule has 0 N–H and O–H groups in total. The Labute approximate surface area is 151 Å². The van der Waals surface area contributed by atoms with Gasteiger partial charge in [0.15, 0.2) is 0 Å². The van der Waals surface area contributed by atoms with Crippen LogP contribution in [0.1, 0.15) is 12.5 Å². The Balaban J connectivity index is 2.34. The molecule has 0 atom stereocenters. The molecule has 0 spiro atoms. The average Bonchev–Trinajstić information content (AvgIpc) is 2.64. The lowest BCUT2D eigenvalue weighted by Gasteiger charge is -2.18. The second-order valence-electron chi connectivity index (χ2n) is 5.54. The number of hydrogen-bond donors (Lipinski definition) is 0. The smallest absolute Gasteiger partial charge is 0.136 e. The van der Waals surface area contributed by atoms with Crippen molar-refractivity contribution in [1.82, 2.24) is 0 Å². The summed E-state index contributed by atoms with van der Waals surface area (Å²) in [6, 6.07) is 14.9. The van der Waals surface area contributed by atoms with Gasteiger partial charge in [-0.05, 0) is 30.6 Å². The number of ether oxygens (including phenoxy) is 2. The molecule has 0 aliphatic heterocycles. The lowest BCUT2D eigenvalue weighted by molar-refractivity contribution is 0.396. The highest BCUT2D eigenvalue weighted by Gasteiger charge is 2.16. The Morgan fingerprint density at radius 1 is 0.750 bits per heavy atom. The van der Waals surface area contributed by atoms with E-state index in [1.807, 2.05) is 0 Å². The highest BCUT2D eigenvalue weighted by atomic mass is 32.2. The fraction of sp³-hybridized carbons (Fsp3) is 0.300. The molecule has 3 rings (SSSR count). The Bertz CT molecular complexity index is 846. The van der Waals surface area contributed by atoms with Gasteiger partial charge in [-0.1, -0.05) is 43.3 Å². The summed E-state index contributed by atoms with van der Waals surface area (Å²) >= 11 is 3.37. The summed E-state index contributed by atoms with van der Waals surface area (Å²) in [4.78, 5) is 0. The molecule has 0 heterocycles. The summed E-state index contributed by atoms with van der Waals surface area (Å²) in [6.45, 7) is 2.18. The van der Waals surface area contributed by atoms with Gasteiger partial charge in [0.1, 0.15) is 23.4 Å². The molecule has 0 aliphatic carbocycles. The third kappa shape index (κ3) is 3.31. The van der Waals surface area contributed by atoms with E-state index in [0.717, 1.165) is 39.5 Å². The number of benzene rings is 3. The molecule has 3 aromatic carbocycles. The van der Waals surface area contributed by atoms with Crippen LogP contribution >= 0.6 is 23.5 Å². The fourth-order valence-electron chi connectivity index (χ4n) is 2.91. The quantitative estimate of drug-likeness (QED) is 0.383. The van der Waals surface area contributed by atoms with Gasteiger partial charge in [-0.3, -0.25) is 0 Å². The first kappa shape index (κ1) is 17.3. The molecule has 0 saturated carbocycles. The van der Waals surface area contributed by atoms with Crippen LogP contribution < -0.4 is 9.47 Å². The van der Waals surface area contributed by atoms with Crippen molar-refractivity contribution in [3.05, 3.63) is 48.0 Å². The molecule has 0 aliphatic rings. The first-order valence-electron chi connectivity index (χ1n) is 8.01. The minimum Gasteiger partial charge on any atom is -0.482 e. The van der Waals surface area contributed by atoms with Gasteiger partial charge in [0.25, 0.3) is 0 Å².